The molecular weight excluding hydrogens is 356 g/mol. The summed E-state index contributed by atoms with van der Waals surface area (Å²) in [6, 6.07) is 5.43. The van der Waals surface area contributed by atoms with E-state index < -0.39 is 6.04 Å². The number of hydrogen-bond acceptors (Lipinski definition) is 5. The summed E-state index contributed by atoms with van der Waals surface area (Å²) in [5, 5.41) is 2.36. The molecule has 4 aliphatic rings. The number of imide groups is 1. The minimum atomic E-state index is -0.566. The number of carbonyl (C=O) groups is 3. The Morgan fingerprint density at radius 1 is 1.21 bits per heavy atom. The monoisotopic (exact) mass is 382 g/mol. The number of fused-ring (bicyclic) bond motifs is 3. The summed E-state index contributed by atoms with van der Waals surface area (Å²) in [6.45, 7) is 2.87. The maximum atomic E-state index is 13.2. The average Bonchev–Trinajstić information content (AvgIpc) is 3.34. The lowest BCUT2D eigenvalue weighted by Crippen LogP contribution is -2.52. The number of nitrogens with zero attached hydrogens (tertiary/aromatic N) is 2. The van der Waals surface area contributed by atoms with Crippen LogP contribution >= 0.6 is 0 Å². The highest BCUT2D eigenvalue weighted by molar-refractivity contribution is 6.06. The molecule has 3 fully saturated rings. The van der Waals surface area contributed by atoms with Crippen molar-refractivity contribution in [1.29, 1.82) is 0 Å². The van der Waals surface area contributed by atoms with Crippen molar-refractivity contribution >= 4 is 17.7 Å². The Kier molecular flexibility index (Phi) is 4.07. The van der Waals surface area contributed by atoms with E-state index in [9.17, 15) is 14.4 Å². The highest BCUT2D eigenvalue weighted by atomic mass is 16.2. The van der Waals surface area contributed by atoms with Gasteiger partial charge in [-0.05, 0) is 42.7 Å². The number of likely N-dealkylation sites (tertiary alicyclic amines) is 1. The number of nitrogens with one attached hydrogen (secondary N) is 1. The van der Waals surface area contributed by atoms with Crippen molar-refractivity contribution in [2.24, 2.45) is 11.7 Å². The van der Waals surface area contributed by atoms with Gasteiger partial charge in [-0.25, -0.2) is 0 Å². The summed E-state index contributed by atoms with van der Waals surface area (Å²) in [4.78, 5) is 41.1. The molecule has 0 spiro atoms. The van der Waals surface area contributed by atoms with E-state index in [1.54, 1.807) is 4.90 Å². The molecule has 28 heavy (non-hydrogen) atoms. The Morgan fingerprint density at radius 3 is 2.82 bits per heavy atom. The maximum Gasteiger partial charge on any atom is 0.255 e. The predicted molar refractivity (Wildman–Crippen MR) is 102 cm³/mol. The molecule has 148 valence electrons. The molecule has 3 unspecified atom stereocenters. The zero-order valence-corrected chi connectivity index (χ0v) is 15.9. The van der Waals surface area contributed by atoms with Crippen molar-refractivity contribution in [2.45, 2.75) is 56.8 Å². The predicted octanol–water partition coefficient (Wildman–Crippen LogP) is 0.761. The first-order valence-corrected chi connectivity index (χ1v) is 10.2. The Hall–Kier alpha value is -2.25. The lowest BCUT2D eigenvalue weighted by atomic mass is 9.95. The molecule has 1 saturated carbocycles. The number of hydrogen-bond donors (Lipinski definition) is 2. The number of amides is 3. The Labute approximate surface area is 164 Å². The van der Waals surface area contributed by atoms with E-state index in [0.717, 1.165) is 48.5 Å². The first-order chi connectivity index (χ1) is 13.5. The summed E-state index contributed by atoms with van der Waals surface area (Å²) in [5.41, 5.74) is 8.96. The van der Waals surface area contributed by atoms with Crippen LogP contribution in [0.1, 0.15) is 53.6 Å². The molecule has 0 aromatic heterocycles. The van der Waals surface area contributed by atoms with Crippen molar-refractivity contribution in [3.05, 3.63) is 34.9 Å². The Morgan fingerprint density at radius 2 is 2.07 bits per heavy atom. The molecule has 2 bridgehead atoms. The first kappa shape index (κ1) is 17.8. The second-order valence-corrected chi connectivity index (χ2v) is 8.77. The summed E-state index contributed by atoms with van der Waals surface area (Å²) in [5.74, 6) is 0.00222. The minimum absolute atomic E-state index is 0.0817. The molecule has 3 N–H and O–H groups in total. The van der Waals surface area contributed by atoms with Crippen LogP contribution in [0.2, 0.25) is 0 Å². The topological polar surface area (TPSA) is 95.7 Å². The second kappa shape index (κ2) is 6.39. The minimum Gasteiger partial charge on any atom is -0.329 e. The fourth-order valence-corrected chi connectivity index (χ4v) is 5.74. The molecule has 7 heteroatoms. The van der Waals surface area contributed by atoms with Gasteiger partial charge in [-0.1, -0.05) is 18.2 Å². The third-order valence-electron chi connectivity index (χ3n) is 7.22. The van der Waals surface area contributed by atoms with E-state index in [2.05, 4.69) is 10.2 Å². The number of carbonyl (C=O) groups excluding carboxylic acids is 3. The van der Waals surface area contributed by atoms with Gasteiger partial charge in [0.15, 0.2) is 0 Å². The molecule has 7 nitrogen and oxygen atoms in total. The fourth-order valence-electron chi connectivity index (χ4n) is 5.74. The van der Waals surface area contributed by atoms with Crippen molar-refractivity contribution in [1.82, 2.24) is 15.1 Å². The first-order valence-electron chi connectivity index (χ1n) is 10.2. The molecule has 3 amide bonds. The van der Waals surface area contributed by atoms with E-state index in [-0.39, 0.29) is 29.7 Å². The highest BCUT2D eigenvalue weighted by Crippen LogP contribution is 2.46. The van der Waals surface area contributed by atoms with Crippen LogP contribution in [-0.4, -0.2) is 52.2 Å². The van der Waals surface area contributed by atoms with Crippen LogP contribution in [0.3, 0.4) is 0 Å². The maximum absolute atomic E-state index is 13.2. The molecule has 1 aromatic carbocycles. The molecular formula is C21H26N4O3. The number of benzene rings is 1. The zero-order chi connectivity index (χ0) is 19.5. The van der Waals surface area contributed by atoms with Crippen LogP contribution in [0.15, 0.2) is 18.2 Å². The third-order valence-corrected chi connectivity index (χ3v) is 7.22. The van der Waals surface area contributed by atoms with Crippen LogP contribution < -0.4 is 11.1 Å². The van der Waals surface area contributed by atoms with Crippen molar-refractivity contribution in [3.8, 4) is 0 Å². The molecule has 0 radical (unpaired) electrons. The van der Waals surface area contributed by atoms with E-state index in [1.165, 1.54) is 6.42 Å². The van der Waals surface area contributed by atoms with Crippen LogP contribution in [0.25, 0.3) is 0 Å². The normalized spacial score (nSPS) is 32.2. The largest absolute Gasteiger partial charge is 0.329 e. The standard InChI is InChI=1S/C21H26N4O3/c22-12-21-7-6-13(8-21)9-24(21)10-14-2-1-3-15-11-25(20(28)18(14)15)16-4-5-17(26)23-19(16)27/h1-3,13,16H,4-12,22H2,(H,23,26,27). The van der Waals surface area contributed by atoms with Crippen LogP contribution in [-0.2, 0) is 22.7 Å². The van der Waals surface area contributed by atoms with Crippen molar-refractivity contribution < 1.29 is 14.4 Å². The van der Waals surface area contributed by atoms with Gasteiger partial charge in [0.2, 0.25) is 11.8 Å². The lowest BCUT2D eigenvalue weighted by molar-refractivity contribution is -0.136. The quantitative estimate of drug-likeness (QED) is 0.750. The van der Waals surface area contributed by atoms with Crippen molar-refractivity contribution in [3.63, 3.8) is 0 Å². The van der Waals surface area contributed by atoms with Gasteiger partial charge in [0.1, 0.15) is 6.04 Å². The SMILES string of the molecule is NCC12CCC(CN1Cc1cccc3c1C(=O)N(C1CCC(=O)NC1=O)C3)C2. The van der Waals surface area contributed by atoms with Gasteiger partial charge in [-0.2, -0.15) is 0 Å². The average molecular weight is 382 g/mol. The number of piperidine rings is 2. The van der Waals surface area contributed by atoms with Crippen molar-refractivity contribution in [2.75, 3.05) is 13.1 Å². The van der Waals surface area contributed by atoms with E-state index in [1.807, 2.05) is 18.2 Å². The zero-order valence-electron chi connectivity index (χ0n) is 15.9. The van der Waals surface area contributed by atoms with E-state index >= 15 is 0 Å². The highest BCUT2D eigenvalue weighted by Gasteiger charge is 2.50. The molecule has 1 aliphatic carbocycles. The van der Waals surface area contributed by atoms with Crippen LogP contribution in [0.5, 0.6) is 0 Å². The summed E-state index contributed by atoms with van der Waals surface area (Å²) < 4.78 is 0. The van der Waals surface area contributed by atoms with Gasteiger partial charge in [0.05, 0.1) is 0 Å². The van der Waals surface area contributed by atoms with E-state index in [0.29, 0.717) is 19.5 Å². The van der Waals surface area contributed by atoms with Gasteiger partial charge in [-0.15, -0.1) is 0 Å². The number of nitrogens with two attached hydrogens (primary N) is 1. The number of rotatable bonds is 4. The molecule has 1 aromatic rings. The van der Waals surface area contributed by atoms with Gasteiger partial charge in [0, 0.05) is 43.7 Å². The molecule has 3 heterocycles. The Bertz CT molecular complexity index is 869. The summed E-state index contributed by atoms with van der Waals surface area (Å²) in [7, 11) is 0. The van der Waals surface area contributed by atoms with Gasteiger partial charge in [0.25, 0.3) is 5.91 Å². The van der Waals surface area contributed by atoms with Crippen LogP contribution in [0.4, 0.5) is 0 Å². The Balaban J connectivity index is 1.40. The smallest absolute Gasteiger partial charge is 0.255 e. The summed E-state index contributed by atoms with van der Waals surface area (Å²) >= 11 is 0. The van der Waals surface area contributed by atoms with Gasteiger partial charge in [-0.3, -0.25) is 24.6 Å². The summed E-state index contributed by atoms with van der Waals surface area (Å²) in [6.07, 6.45) is 4.22. The van der Waals surface area contributed by atoms with Gasteiger partial charge < -0.3 is 10.6 Å². The molecule has 2 saturated heterocycles. The van der Waals surface area contributed by atoms with Gasteiger partial charge >= 0.3 is 0 Å². The fraction of sp³-hybridized carbons (Fsp3) is 0.571. The molecule has 5 rings (SSSR count). The van der Waals surface area contributed by atoms with Crippen LogP contribution in [0, 0.1) is 5.92 Å². The third kappa shape index (κ3) is 2.60. The lowest BCUT2D eigenvalue weighted by Gasteiger charge is -2.38. The second-order valence-electron chi connectivity index (χ2n) is 8.77. The van der Waals surface area contributed by atoms with E-state index in [4.69, 9.17) is 5.73 Å². The molecule has 3 atom stereocenters. The molecule has 3 aliphatic heterocycles.